The molecule has 0 aliphatic carbocycles. The van der Waals surface area contributed by atoms with E-state index in [4.69, 9.17) is 17.2 Å². The van der Waals surface area contributed by atoms with Gasteiger partial charge in [0.25, 0.3) is 5.56 Å². The summed E-state index contributed by atoms with van der Waals surface area (Å²) < 4.78 is 1.40. The molecule has 2 rings (SSSR count). The van der Waals surface area contributed by atoms with Gasteiger partial charge in [-0.3, -0.25) is 24.2 Å². The van der Waals surface area contributed by atoms with E-state index in [9.17, 15) is 19.2 Å². The van der Waals surface area contributed by atoms with Crippen LogP contribution in [0.25, 0.3) is 11.2 Å². The van der Waals surface area contributed by atoms with E-state index in [0.717, 1.165) is 12.8 Å². The maximum absolute atomic E-state index is 13.0. The second-order valence-corrected chi connectivity index (χ2v) is 7.78. The molecule has 0 spiro atoms. The van der Waals surface area contributed by atoms with Crippen LogP contribution in [0.15, 0.2) is 11.1 Å². The summed E-state index contributed by atoms with van der Waals surface area (Å²) in [5.74, 6) is -0.896. The van der Waals surface area contributed by atoms with Crippen molar-refractivity contribution in [2.24, 2.45) is 11.5 Å². The molecule has 2 aromatic heterocycles. The third-order valence-corrected chi connectivity index (χ3v) is 5.03. The average molecular weight is 464 g/mol. The van der Waals surface area contributed by atoms with Gasteiger partial charge in [-0.2, -0.15) is 4.98 Å². The summed E-state index contributed by atoms with van der Waals surface area (Å²) in [5, 5.41) is 2.71. The molecule has 13 nitrogen and oxygen atoms in total. The normalized spacial score (nSPS) is 12.0. The Bertz CT molecular complexity index is 1020. The van der Waals surface area contributed by atoms with Crippen LogP contribution in [-0.2, 0) is 20.9 Å². The molecule has 2 amide bonds. The highest BCUT2D eigenvalue weighted by Gasteiger charge is 2.20. The predicted octanol–water partition coefficient (Wildman–Crippen LogP) is -1.53. The minimum absolute atomic E-state index is 0.0569. The molecule has 0 aliphatic heterocycles. The first-order chi connectivity index (χ1) is 15.8. The number of hydrogen-bond acceptors (Lipinski definition) is 9. The fourth-order valence-corrected chi connectivity index (χ4v) is 3.28. The van der Waals surface area contributed by atoms with Crippen LogP contribution < -0.4 is 28.1 Å². The minimum atomic E-state index is -0.658. The fourth-order valence-electron chi connectivity index (χ4n) is 3.28. The first-order valence-electron chi connectivity index (χ1n) is 11.0. The topological polar surface area (TPSA) is 208 Å². The van der Waals surface area contributed by atoms with Gasteiger partial charge < -0.3 is 32.0 Å². The molecule has 0 bridgehead atoms. The smallest absolute Gasteiger partial charge is 0.280 e. The Morgan fingerprint density at radius 1 is 1.30 bits per heavy atom. The highest BCUT2D eigenvalue weighted by atomic mass is 16.2. The first kappa shape index (κ1) is 25.9. The first-order valence-corrected chi connectivity index (χ1v) is 11.0. The Labute approximate surface area is 191 Å². The predicted molar refractivity (Wildman–Crippen MR) is 123 cm³/mol. The van der Waals surface area contributed by atoms with Gasteiger partial charge in [-0.05, 0) is 25.8 Å². The van der Waals surface area contributed by atoms with E-state index in [1.165, 1.54) is 15.8 Å². The number of H-pyrrole nitrogens is 1. The lowest BCUT2D eigenvalue weighted by Crippen LogP contribution is -2.46. The van der Waals surface area contributed by atoms with Crippen LogP contribution in [0.5, 0.6) is 0 Å². The zero-order valence-corrected chi connectivity index (χ0v) is 18.9. The summed E-state index contributed by atoms with van der Waals surface area (Å²) in [7, 11) is 0. The van der Waals surface area contributed by atoms with Crippen LogP contribution in [0, 0.1) is 0 Å². The van der Waals surface area contributed by atoms with E-state index >= 15 is 0 Å². The number of carbonyl (C=O) groups excluding carboxylic acids is 3. The number of rotatable bonds is 14. The number of nitrogens with zero attached hydrogens (tertiary/aromatic N) is 4. The third-order valence-electron chi connectivity index (χ3n) is 5.03. The van der Waals surface area contributed by atoms with Crippen molar-refractivity contribution < 1.29 is 14.4 Å². The van der Waals surface area contributed by atoms with Gasteiger partial charge in [0.1, 0.15) is 6.54 Å². The third kappa shape index (κ3) is 7.64. The average Bonchev–Trinajstić information content (AvgIpc) is 3.15. The highest BCUT2D eigenvalue weighted by Crippen LogP contribution is 2.08. The number of hydrogen-bond donors (Lipinski definition) is 5. The van der Waals surface area contributed by atoms with E-state index in [0.29, 0.717) is 25.8 Å². The number of aromatic nitrogens is 4. The van der Waals surface area contributed by atoms with Crippen molar-refractivity contribution in [1.82, 2.24) is 29.7 Å². The fraction of sp³-hybridized carbons (Fsp3) is 0.600. The maximum atomic E-state index is 13.0. The number of nitrogen functional groups attached to an aromatic ring is 1. The summed E-state index contributed by atoms with van der Waals surface area (Å²) in [4.78, 5) is 61.0. The zero-order valence-electron chi connectivity index (χ0n) is 18.9. The van der Waals surface area contributed by atoms with Gasteiger partial charge in [-0.1, -0.05) is 13.3 Å². The van der Waals surface area contributed by atoms with Gasteiger partial charge >= 0.3 is 0 Å². The lowest BCUT2D eigenvalue weighted by molar-refractivity contribution is -0.136. The number of nitrogens with two attached hydrogens (primary N) is 3. The lowest BCUT2D eigenvalue weighted by Gasteiger charge is -2.23. The number of ketones is 1. The van der Waals surface area contributed by atoms with Crippen LogP contribution >= 0.6 is 0 Å². The number of fused-ring (bicyclic) bond motifs is 1. The van der Waals surface area contributed by atoms with Gasteiger partial charge in [0.05, 0.1) is 18.9 Å². The molecule has 33 heavy (non-hydrogen) atoms. The van der Waals surface area contributed by atoms with Gasteiger partial charge in [-0.15, -0.1) is 0 Å². The van der Waals surface area contributed by atoms with Crippen LogP contribution in [0.1, 0.15) is 39.0 Å². The van der Waals surface area contributed by atoms with Crippen molar-refractivity contribution in [3.63, 3.8) is 0 Å². The number of amides is 2. The van der Waals surface area contributed by atoms with E-state index in [1.807, 2.05) is 6.92 Å². The molecule has 0 radical (unpaired) electrons. The van der Waals surface area contributed by atoms with Crippen molar-refractivity contribution >= 4 is 34.7 Å². The molecule has 0 fully saturated rings. The molecule has 2 aromatic rings. The standard InChI is InChI=1S/C20H33N9O4/c1-2-5-13(30)10-28(9-8-24-18(32)14(22)6-3-4-7-21)15(31)11-29-12-25-16-17(29)26-20(23)27-19(16)33/h12,14H,2-11,21-22H2,1H3,(H,24,32)(H3,23,26,27,33)/t14-/m0/s1. The molecule has 1 atom stereocenters. The van der Waals surface area contributed by atoms with E-state index in [2.05, 4.69) is 20.3 Å². The Hall–Kier alpha value is -3.32. The van der Waals surface area contributed by atoms with Gasteiger partial charge in [0, 0.05) is 19.5 Å². The highest BCUT2D eigenvalue weighted by molar-refractivity contribution is 5.86. The summed E-state index contributed by atoms with van der Waals surface area (Å²) in [6.07, 6.45) is 4.37. The number of carbonyl (C=O) groups is 3. The number of unbranched alkanes of at least 4 members (excludes halogenated alkanes) is 1. The zero-order chi connectivity index (χ0) is 24.4. The summed E-state index contributed by atoms with van der Waals surface area (Å²) in [6.45, 7) is 2.40. The van der Waals surface area contributed by atoms with E-state index in [1.54, 1.807) is 0 Å². The number of anilines is 1. The number of imidazole rings is 1. The van der Waals surface area contributed by atoms with Gasteiger partial charge in [-0.25, -0.2) is 4.98 Å². The van der Waals surface area contributed by atoms with Crippen molar-refractivity contribution in [1.29, 1.82) is 0 Å². The minimum Gasteiger partial charge on any atom is -0.369 e. The number of aromatic amines is 1. The SMILES string of the molecule is CCCC(=O)CN(CCNC(=O)[C@@H](N)CCCCN)C(=O)Cn1cnc2c(=O)[nH]c(N)nc21. The van der Waals surface area contributed by atoms with Crippen molar-refractivity contribution in [2.75, 3.05) is 31.9 Å². The van der Waals surface area contributed by atoms with E-state index < -0.39 is 11.6 Å². The van der Waals surface area contributed by atoms with Crippen molar-refractivity contribution in [2.45, 2.75) is 51.6 Å². The summed E-state index contributed by atoms with van der Waals surface area (Å²) in [5.41, 5.74) is 16.6. The molecule has 0 aliphatic rings. The maximum Gasteiger partial charge on any atom is 0.280 e. The molecule has 0 saturated carbocycles. The second kappa shape index (κ2) is 12.6. The second-order valence-electron chi connectivity index (χ2n) is 7.78. The van der Waals surface area contributed by atoms with Crippen LogP contribution in [0.3, 0.4) is 0 Å². The molecule has 182 valence electrons. The Morgan fingerprint density at radius 2 is 2.06 bits per heavy atom. The van der Waals surface area contributed by atoms with E-state index in [-0.39, 0.29) is 60.9 Å². The number of Topliss-reactive ketones (excluding diaryl/α,β-unsaturated/α-hetero) is 1. The van der Waals surface area contributed by atoms with Crippen molar-refractivity contribution in [3.8, 4) is 0 Å². The summed E-state index contributed by atoms with van der Waals surface area (Å²) >= 11 is 0. The molecule has 0 saturated heterocycles. The Kier molecular flexibility index (Phi) is 9.94. The quantitative estimate of drug-likeness (QED) is 0.206. The Morgan fingerprint density at radius 3 is 2.76 bits per heavy atom. The molecule has 2 heterocycles. The largest absolute Gasteiger partial charge is 0.369 e. The monoisotopic (exact) mass is 463 g/mol. The number of nitrogens with one attached hydrogen (secondary N) is 2. The molecule has 8 N–H and O–H groups in total. The summed E-state index contributed by atoms with van der Waals surface area (Å²) in [6, 6.07) is -0.658. The Balaban J connectivity index is 2.04. The lowest BCUT2D eigenvalue weighted by atomic mass is 10.1. The molecular weight excluding hydrogens is 430 g/mol. The molecule has 0 aromatic carbocycles. The van der Waals surface area contributed by atoms with Gasteiger partial charge in [0.15, 0.2) is 16.9 Å². The van der Waals surface area contributed by atoms with Crippen LogP contribution in [0.4, 0.5) is 5.95 Å². The van der Waals surface area contributed by atoms with Crippen LogP contribution in [-0.4, -0.2) is 74.2 Å². The molecular formula is C20H33N9O4. The molecule has 0 unspecified atom stereocenters. The van der Waals surface area contributed by atoms with Crippen molar-refractivity contribution in [3.05, 3.63) is 16.7 Å². The van der Waals surface area contributed by atoms with Gasteiger partial charge in [0.2, 0.25) is 17.8 Å². The van der Waals surface area contributed by atoms with Crippen LogP contribution in [0.2, 0.25) is 0 Å². The molecule has 13 heteroatoms.